The Balaban J connectivity index is 2.22. The normalized spacial score (nSPS) is 10.7. The molecule has 0 amide bonds. The number of hydrogen-bond donors (Lipinski definition) is 0. The average molecular weight is 346 g/mol. The average Bonchev–Trinajstić information content (AvgIpc) is 2.72. The lowest BCUT2D eigenvalue weighted by Gasteiger charge is -2.18. The zero-order chi connectivity index (χ0) is 18.4. The fourth-order valence-electron chi connectivity index (χ4n) is 2.96. The van der Waals surface area contributed by atoms with Gasteiger partial charge in [0, 0.05) is 5.56 Å². The molecule has 0 unspecified atom stereocenters. The first-order valence-corrected chi connectivity index (χ1v) is 8.40. The van der Waals surface area contributed by atoms with Crippen LogP contribution in [0.15, 0.2) is 66.7 Å². The Labute approximate surface area is 154 Å². The second-order valence-electron chi connectivity index (χ2n) is 5.72. The quantitative estimate of drug-likeness (QED) is 0.548. The second kappa shape index (κ2) is 8.26. The van der Waals surface area contributed by atoms with Gasteiger partial charge in [0.15, 0.2) is 11.5 Å². The van der Waals surface area contributed by atoms with Gasteiger partial charge in [-0.2, -0.15) is 0 Å². The van der Waals surface area contributed by atoms with Crippen LogP contribution in [-0.4, -0.2) is 21.3 Å². The van der Waals surface area contributed by atoms with Crippen LogP contribution >= 0.6 is 0 Å². The van der Waals surface area contributed by atoms with Gasteiger partial charge in [-0.1, -0.05) is 72.8 Å². The zero-order valence-corrected chi connectivity index (χ0v) is 15.2. The van der Waals surface area contributed by atoms with E-state index in [9.17, 15) is 0 Å². The SMILES string of the molecule is COc1cc(/C=C/c2ccccc2)c(-c2ccccc2)c(OC)c1OC. The molecule has 0 aliphatic rings. The molecule has 0 N–H and O–H groups in total. The zero-order valence-electron chi connectivity index (χ0n) is 15.2. The molecule has 0 saturated heterocycles. The van der Waals surface area contributed by atoms with E-state index in [1.54, 1.807) is 21.3 Å². The Morgan fingerprint density at radius 3 is 1.85 bits per heavy atom. The molecular weight excluding hydrogens is 324 g/mol. The van der Waals surface area contributed by atoms with Gasteiger partial charge in [-0.3, -0.25) is 0 Å². The van der Waals surface area contributed by atoms with Gasteiger partial charge in [0.2, 0.25) is 5.75 Å². The van der Waals surface area contributed by atoms with Crippen molar-refractivity contribution in [3.8, 4) is 28.4 Å². The summed E-state index contributed by atoms with van der Waals surface area (Å²) in [6, 6.07) is 22.3. The van der Waals surface area contributed by atoms with Crippen molar-refractivity contribution in [2.24, 2.45) is 0 Å². The Bertz CT molecular complexity index is 884. The van der Waals surface area contributed by atoms with Crippen LogP contribution in [0.2, 0.25) is 0 Å². The molecule has 0 spiro atoms. The molecule has 0 atom stereocenters. The van der Waals surface area contributed by atoms with E-state index in [1.165, 1.54) is 0 Å². The van der Waals surface area contributed by atoms with Gasteiger partial charge in [-0.05, 0) is 22.8 Å². The van der Waals surface area contributed by atoms with E-state index in [2.05, 4.69) is 36.4 Å². The predicted octanol–water partition coefficient (Wildman–Crippen LogP) is 5.55. The van der Waals surface area contributed by atoms with Crippen molar-refractivity contribution in [3.63, 3.8) is 0 Å². The molecule has 0 radical (unpaired) electrons. The van der Waals surface area contributed by atoms with E-state index in [-0.39, 0.29) is 0 Å². The lowest BCUT2D eigenvalue weighted by molar-refractivity contribution is 0.325. The highest BCUT2D eigenvalue weighted by Gasteiger charge is 2.20. The standard InChI is InChI=1S/C23H22O3/c1-24-20-16-19(15-14-17-10-6-4-7-11-17)21(18-12-8-5-9-13-18)23(26-3)22(20)25-2/h4-16H,1-3H3/b15-14+. The summed E-state index contributed by atoms with van der Waals surface area (Å²) in [6.07, 6.45) is 4.15. The van der Waals surface area contributed by atoms with Gasteiger partial charge < -0.3 is 14.2 Å². The number of rotatable bonds is 6. The molecular formula is C23H22O3. The van der Waals surface area contributed by atoms with Gasteiger partial charge in [0.25, 0.3) is 0 Å². The van der Waals surface area contributed by atoms with Crippen molar-refractivity contribution in [2.45, 2.75) is 0 Å². The van der Waals surface area contributed by atoms with Crippen molar-refractivity contribution in [3.05, 3.63) is 77.9 Å². The maximum absolute atomic E-state index is 5.72. The van der Waals surface area contributed by atoms with Gasteiger partial charge in [-0.25, -0.2) is 0 Å². The minimum Gasteiger partial charge on any atom is -0.493 e. The summed E-state index contributed by atoms with van der Waals surface area (Å²) in [5.74, 6) is 1.88. The number of benzene rings is 3. The van der Waals surface area contributed by atoms with Gasteiger partial charge in [-0.15, -0.1) is 0 Å². The molecule has 0 aliphatic heterocycles. The Morgan fingerprint density at radius 1 is 0.654 bits per heavy atom. The molecule has 0 bridgehead atoms. The molecule has 0 aliphatic carbocycles. The van der Waals surface area contributed by atoms with E-state index >= 15 is 0 Å². The molecule has 0 heterocycles. The summed E-state index contributed by atoms with van der Waals surface area (Å²) < 4.78 is 16.8. The Kier molecular flexibility index (Phi) is 5.59. The molecule has 132 valence electrons. The van der Waals surface area contributed by atoms with Crippen LogP contribution < -0.4 is 14.2 Å². The minimum absolute atomic E-state index is 0.589. The third-order valence-electron chi connectivity index (χ3n) is 4.18. The van der Waals surface area contributed by atoms with Crippen molar-refractivity contribution in [1.29, 1.82) is 0 Å². The minimum atomic E-state index is 0.589. The largest absolute Gasteiger partial charge is 0.493 e. The van der Waals surface area contributed by atoms with Crippen molar-refractivity contribution >= 4 is 12.2 Å². The van der Waals surface area contributed by atoms with Crippen LogP contribution in [0.5, 0.6) is 17.2 Å². The first-order chi connectivity index (χ1) is 12.8. The summed E-state index contributed by atoms with van der Waals surface area (Å²) in [6.45, 7) is 0. The molecule has 26 heavy (non-hydrogen) atoms. The van der Waals surface area contributed by atoms with E-state index < -0.39 is 0 Å². The topological polar surface area (TPSA) is 27.7 Å². The molecule has 3 aromatic rings. The molecule has 0 aromatic heterocycles. The molecule has 3 heteroatoms. The first-order valence-electron chi connectivity index (χ1n) is 8.40. The van der Waals surface area contributed by atoms with Crippen molar-refractivity contribution in [2.75, 3.05) is 21.3 Å². The number of hydrogen-bond acceptors (Lipinski definition) is 3. The van der Waals surface area contributed by atoms with Crippen LogP contribution in [0, 0.1) is 0 Å². The smallest absolute Gasteiger partial charge is 0.203 e. The summed E-state index contributed by atoms with van der Waals surface area (Å²) in [4.78, 5) is 0. The molecule has 3 aromatic carbocycles. The van der Waals surface area contributed by atoms with Gasteiger partial charge in [0.1, 0.15) is 0 Å². The number of methoxy groups -OCH3 is 3. The lowest BCUT2D eigenvalue weighted by atomic mass is 9.96. The molecule has 0 fully saturated rings. The van der Waals surface area contributed by atoms with Crippen molar-refractivity contribution < 1.29 is 14.2 Å². The highest BCUT2D eigenvalue weighted by molar-refractivity contribution is 5.88. The summed E-state index contributed by atoms with van der Waals surface area (Å²) >= 11 is 0. The van der Waals surface area contributed by atoms with Crippen LogP contribution in [0.1, 0.15) is 11.1 Å². The van der Waals surface area contributed by atoms with Gasteiger partial charge >= 0.3 is 0 Å². The fourth-order valence-corrected chi connectivity index (χ4v) is 2.96. The Hall–Kier alpha value is -3.20. The second-order valence-corrected chi connectivity index (χ2v) is 5.72. The van der Waals surface area contributed by atoms with Crippen molar-refractivity contribution in [1.82, 2.24) is 0 Å². The lowest BCUT2D eigenvalue weighted by Crippen LogP contribution is -1.99. The molecule has 0 saturated carbocycles. The monoisotopic (exact) mass is 346 g/mol. The highest BCUT2D eigenvalue weighted by Crippen LogP contribution is 2.47. The maximum atomic E-state index is 5.72. The van der Waals surface area contributed by atoms with Crippen LogP contribution in [0.25, 0.3) is 23.3 Å². The first kappa shape index (κ1) is 17.6. The summed E-state index contributed by atoms with van der Waals surface area (Å²) in [7, 11) is 4.90. The molecule has 3 rings (SSSR count). The van der Waals surface area contributed by atoms with Crippen LogP contribution in [0.4, 0.5) is 0 Å². The fraction of sp³-hybridized carbons (Fsp3) is 0.130. The Morgan fingerprint density at radius 2 is 1.27 bits per heavy atom. The van der Waals surface area contributed by atoms with Crippen LogP contribution in [-0.2, 0) is 0 Å². The highest BCUT2D eigenvalue weighted by atomic mass is 16.5. The van der Waals surface area contributed by atoms with E-state index in [0.29, 0.717) is 17.2 Å². The molecule has 3 nitrogen and oxygen atoms in total. The van der Waals surface area contributed by atoms with Gasteiger partial charge in [0.05, 0.1) is 21.3 Å². The predicted molar refractivity (Wildman–Crippen MR) is 107 cm³/mol. The third kappa shape index (κ3) is 3.57. The van der Waals surface area contributed by atoms with E-state index in [1.807, 2.05) is 42.5 Å². The van der Waals surface area contributed by atoms with Crippen LogP contribution in [0.3, 0.4) is 0 Å². The summed E-state index contributed by atoms with van der Waals surface area (Å²) in [5.41, 5.74) is 4.14. The maximum Gasteiger partial charge on any atom is 0.203 e. The summed E-state index contributed by atoms with van der Waals surface area (Å²) in [5, 5.41) is 0. The number of ether oxygens (including phenoxy) is 3. The third-order valence-corrected chi connectivity index (χ3v) is 4.18. The van der Waals surface area contributed by atoms with E-state index in [0.717, 1.165) is 22.3 Å². The van der Waals surface area contributed by atoms with E-state index in [4.69, 9.17) is 14.2 Å².